The van der Waals surface area contributed by atoms with E-state index < -0.39 is 23.8 Å². The number of carbonyl (C=O) groups excluding carboxylic acids is 3. The first-order valence-electron chi connectivity index (χ1n) is 8.16. The van der Waals surface area contributed by atoms with Gasteiger partial charge in [-0.1, -0.05) is 33.6 Å². The number of hydrogen-bond donors (Lipinski definition) is 0. The predicted molar refractivity (Wildman–Crippen MR) is 106 cm³/mol. The number of rotatable bonds is 3. The third-order valence-electron chi connectivity index (χ3n) is 4.57. The summed E-state index contributed by atoms with van der Waals surface area (Å²) in [6, 6.07) is 12.8. The number of imide groups is 1. The van der Waals surface area contributed by atoms with Crippen LogP contribution in [0.2, 0.25) is 5.02 Å². The van der Waals surface area contributed by atoms with Gasteiger partial charge in [0.2, 0.25) is 5.91 Å². The first-order valence-corrected chi connectivity index (χ1v) is 9.33. The summed E-state index contributed by atoms with van der Waals surface area (Å²) in [5.74, 6) is -2.17. The quantitative estimate of drug-likeness (QED) is 0.678. The van der Waals surface area contributed by atoms with Crippen molar-refractivity contribution in [3.8, 4) is 0 Å². The minimum absolute atomic E-state index is 0.0887. The van der Waals surface area contributed by atoms with E-state index in [1.807, 2.05) is 12.1 Å². The molecular weight excluding hydrogens is 434 g/mol. The van der Waals surface area contributed by atoms with Crippen molar-refractivity contribution in [3.63, 3.8) is 0 Å². The zero-order valence-corrected chi connectivity index (χ0v) is 16.4. The van der Waals surface area contributed by atoms with Crippen LogP contribution in [0.25, 0.3) is 0 Å². The van der Waals surface area contributed by atoms with Crippen LogP contribution in [-0.4, -0.2) is 29.4 Å². The molecule has 0 bridgehead atoms. The maximum atomic E-state index is 13.2. The molecule has 8 heteroatoms. The molecule has 2 aromatic rings. The monoisotopic (exact) mass is 445 g/mol. The van der Waals surface area contributed by atoms with Crippen LogP contribution in [0.3, 0.4) is 0 Å². The van der Waals surface area contributed by atoms with Gasteiger partial charge < -0.3 is 0 Å². The summed E-state index contributed by atoms with van der Waals surface area (Å²) in [7, 11) is 0. The Morgan fingerprint density at radius 3 is 2.41 bits per heavy atom. The van der Waals surface area contributed by atoms with Gasteiger partial charge >= 0.3 is 0 Å². The molecule has 2 aliphatic heterocycles. The second kappa shape index (κ2) is 6.58. The molecule has 0 aliphatic carbocycles. The van der Waals surface area contributed by atoms with Crippen LogP contribution in [0.1, 0.15) is 6.92 Å². The highest BCUT2D eigenvalue weighted by Crippen LogP contribution is 2.38. The second-order valence-electron chi connectivity index (χ2n) is 6.28. The standard InChI is InChI=1S/C19H13BrClN3O3/c1-10(25)16-15-17(24(22-16)13-7-5-11(20)6-8-13)19(27)23(18(15)26)14-4-2-3-12(21)9-14/h2-9,15,17H,1H3/t15-,17-/m0/s1. The Hall–Kier alpha value is -2.51. The molecule has 0 aromatic heterocycles. The van der Waals surface area contributed by atoms with Crippen molar-refractivity contribution >= 4 is 62.2 Å². The van der Waals surface area contributed by atoms with Crippen molar-refractivity contribution in [1.29, 1.82) is 0 Å². The minimum atomic E-state index is -0.933. The van der Waals surface area contributed by atoms with Gasteiger partial charge in [-0.05, 0) is 42.5 Å². The van der Waals surface area contributed by atoms with Gasteiger partial charge in [0.05, 0.1) is 11.4 Å². The van der Waals surface area contributed by atoms with Crippen LogP contribution in [0, 0.1) is 5.92 Å². The van der Waals surface area contributed by atoms with Crippen LogP contribution in [0.15, 0.2) is 58.1 Å². The van der Waals surface area contributed by atoms with E-state index in [0.29, 0.717) is 16.4 Å². The number of amides is 2. The second-order valence-corrected chi connectivity index (χ2v) is 7.63. The van der Waals surface area contributed by atoms with Gasteiger partial charge in [0.1, 0.15) is 17.7 Å². The summed E-state index contributed by atoms with van der Waals surface area (Å²) in [6.07, 6.45) is 0. The molecule has 2 aromatic carbocycles. The molecule has 27 heavy (non-hydrogen) atoms. The lowest BCUT2D eigenvalue weighted by Gasteiger charge is -2.22. The van der Waals surface area contributed by atoms with Crippen molar-refractivity contribution in [1.82, 2.24) is 0 Å². The number of halogens is 2. The zero-order chi connectivity index (χ0) is 19.3. The maximum absolute atomic E-state index is 13.2. The lowest BCUT2D eigenvalue weighted by molar-refractivity contribution is -0.122. The highest BCUT2D eigenvalue weighted by Gasteiger charge is 2.58. The number of hydrazone groups is 1. The largest absolute Gasteiger partial charge is 0.293 e. The number of anilines is 2. The SMILES string of the molecule is CC(=O)C1=NN(c2ccc(Br)cc2)[C@@H]2C(=O)N(c3cccc(Cl)c3)C(=O)[C@@H]12. The number of Topliss-reactive ketones (excluding diaryl/α,β-unsaturated/α-hetero) is 1. The summed E-state index contributed by atoms with van der Waals surface area (Å²) in [5, 5.41) is 6.18. The summed E-state index contributed by atoms with van der Waals surface area (Å²) < 4.78 is 0.868. The highest BCUT2D eigenvalue weighted by atomic mass is 79.9. The first-order chi connectivity index (χ1) is 12.9. The van der Waals surface area contributed by atoms with Gasteiger partial charge in [0.15, 0.2) is 5.78 Å². The summed E-state index contributed by atoms with van der Waals surface area (Å²) in [6.45, 7) is 1.35. The average Bonchev–Trinajstić information content (AvgIpc) is 3.13. The van der Waals surface area contributed by atoms with Crippen LogP contribution in [-0.2, 0) is 14.4 Å². The molecule has 0 spiro atoms. The normalized spacial score (nSPS) is 21.5. The molecule has 2 amide bonds. The number of carbonyl (C=O) groups is 3. The fourth-order valence-corrected chi connectivity index (χ4v) is 3.83. The molecule has 0 radical (unpaired) electrons. The highest BCUT2D eigenvalue weighted by molar-refractivity contribution is 9.10. The Balaban J connectivity index is 1.80. The molecule has 0 N–H and O–H groups in total. The molecule has 1 fully saturated rings. The van der Waals surface area contributed by atoms with E-state index in [1.165, 1.54) is 11.9 Å². The van der Waals surface area contributed by atoms with Crippen LogP contribution in [0.4, 0.5) is 11.4 Å². The van der Waals surface area contributed by atoms with Gasteiger partial charge in [0.25, 0.3) is 5.91 Å². The molecule has 2 atom stereocenters. The molecule has 1 saturated heterocycles. The summed E-state index contributed by atoms with van der Waals surface area (Å²) in [5.41, 5.74) is 1.09. The van der Waals surface area contributed by atoms with Crippen molar-refractivity contribution < 1.29 is 14.4 Å². The smallest absolute Gasteiger partial charge is 0.259 e. The minimum Gasteiger partial charge on any atom is -0.293 e. The van der Waals surface area contributed by atoms with E-state index in [0.717, 1.165) is 9.37 Å². The topological polar surface area (TPSA) is 70.1 Å². The van der Waals surface area contributed by atoms with Crippen LogP contribution in [0.5, 0.6) is 0 Å². The number of ketones is 1. The molecule has 136 valence electrons. The molecule has 2 heterocycles. The lowest BCUT2D eigenvalue weighted by Crippen LogP contribution is -2.39. The summed E-state index contributed by atoms with van der Waals surface area (Å²) >= 11 is 9.38. The Morgan fingerprint density at radius 1 is 1.07 bits per heavy atom. The Bertz CT molecular complexity index is 1010. The van der Waals surface area contributed by atoms with Gasteiger partial charge in [-0.2, -0.15) is 5.10 Å². The molecule has 0 saturated carbocycles. The van der Waals surface area contributed by atoms with Gasteiger partial charge in [0, 0.05) is 16.4 Å². The van der Waals surface area contributed by atoms with E-state index in [-0.39, 0.29) is 11.5 Å². The molecule has 6 nitrogen and oxygen atoms in total. The Kier molecular flexibility index (Phi) is 4.36. The van der Waals surface area contributed by atoms with E-state index in [1.54, 1.807) is 36.4 Å². The average molecular weight is 447 g/mol. The number of hydrogen-bond acceptors (Lipinski definition) is 5. The van der Waals surface area contributed by atoms with E-state index >= 15 is 0 Å². The fraction of sp³-hybridized carbons (Fsp3) is 0.158. The third kappa shape index (κ3) is 2.87. The third-order valence-corrected chi connectivity index (χ3v) is 5.33. The first kappa shape index (κ1) is 17.9. The molecule has 4 rings (SSSR count). The van der Waals surface area contributed by atoms with Gasteiger partial charge in [-0.15, -0.1) is 0 Å². The van der Waals surface area contributed by atoms with Gasteiger partial charge in [-0.3, -0.25) is 19.4 Å². The number of nitrogens with zero attached hydrogens (tertiary/aromatic N) is 3. The number of fused-ring (bicyclic) bond motifs is 1. The fourth-order valence-electron chi connectivity index (χ4n) is 3.38. The van der Waals surface area contributed by atoms with Crippen molar-refractivity contribution in [2.75, 3.05) is 9.91 Å². The predicted octanol–water partition coefficient (Wildman–Crippen LogP) is 3.43. The Labute approximate surface area is 168 Å². The van der Waals surface area contributed by atoms with Crippen LogP contribution < -0.4 is 9.91 Å². The lowest BCUT2D eigenvalue weighted by atomic mass is 9.95. The zero-order valence-electron chi connectivity index (χ0n) is 14.1. The number of benzene rings is 2. The van der Waals surface area contributed by atoms with Crippen molar-refractivity contribution in [3.05, 3.63) is 58.0 Å². The van der Waals surface area contributed by atoms with E-state index in [2.05, 4.69) is 21.0 Å². The van der Waals surface area contributed by atoms with E-state index in [9.17, 15) is 14.4 Å². The van der Waals surface area contributed by atoms with Crippen molar-refractivity contribution in [2.24, 2.45) is 11.0 Å². The van der Waals surface area contributed by atoms with Crippen molar-refractivity contribution in [2.45, 2.75) is 13.0 Å². The van der Waals surface area contributed by atoms with E-state index in [4.69, 9.17) is 11.6 Å². The van der Waals surface area contributed by atoms with Gasteiger partial charge in [-0.25, -0.2) is 4.90 Å². The van der Waals surface area contributed by atoms with Crippen LogP contribution >= 0.6 is 27.5 Å². The molecule has 2 aliphatic rings. The molecular formula is C19H13BrClN3O3. The Morgan fingerprint density at radius 2 is 1.78 bits per heavy atom. The molecule has 0 unspecified atom stereocenters. The maximum Gasteiger partial charge on any atom is 0.259 e. The summed E-state index contributed by atoms with van der Waals surface area (Å²) in [4.78, 5) is 39.4.